The molecule has 1 heterocycles. The van der Waals surface area contributed by atoms with E-state index in [4.69, 9.17) is 4.74 Å². The van der Waals surface area contributed by atoms with Gasteiger partial charge in [-0.3, -0.25) is 4.79 Å². The number of ether oxygens (including phenoxy) is 1. The second-order valence-corrected chi connectivity index (χ2v) is 5.36. The topological polar surface area (TPSA) is 62.1 Å². The molecular weight excluding hydrogens is 304 g/mol. The van der Waals surface area contributed by atoms with Crippen molar-refractivity contribution in [3.8, 4) is 11.5 Å². The molecule has 122 valence electrons. The first-order chi connectivity index (χ1) is 11.6. The molecule has 24 heavy (non-hydrogen) atoms. The van der Waals surface area contributed by atoms with Crippen LogP contribution in [0.25, 0.3) is 6.08 Å². The van der Waals surface area contributed by atoms with Crippen molar-refractivity contribution in [3.05, 3.63) is 59.7 Å². The number of phenols is 1. The highest BCUT2D eigenvalue weighted by molar-refractivity contribution is 6.32. The first-order valence-corrected chi connectivity index (χ1v) is 7.72. The minimum absolute atomic E-state index is 0.0769. The zero-order chi connectivity index (χ0) is 17.1. The van der Waals surface area contributed by atoms with Gasteiger partial charge in [0.15, 0.2) is 11.5 Å². The third kappa shape index (κ3) is 3.01. The van der Waals surface area contributed by atoms with Crippen molar-refractivity contribution < 1.29 is 14.6 Å². The van der Waals surface area contributed by atoms with Crippen LogP contribution in [-0.2, 0) is 4.79 Å². The number of para-hydroxylation sites is 1. The van der Waals surface area contributed by atoms with Crippen molar-refractivity contribution in [1.29, 1.82) is 0 Å². The Morgan fingerprint density at radius 2 is 1.96 bits per heavy atom. The summed E-state index contributed by atoms with van der Waals surface area (Å²) >= 11 is 0. The van der Waals surface area contributed by atoms with E-state index in [1.807, 2.05) is 37.3 Å². The molecule has 1 aliphatic heterocycles. The molecule has 0 radical (unpaired) electrons. The van der Waals surface area contributed by atoms with Crippen molar-refractivity contribution in [2.75, 3.05) is 11.6 Å². The number of rotatable bonds is 4. The maximum atomic E-state index is 12.7. The summed E-state index contributed by atoms with van der Waals surface area (Å²) in [7, 11) is 0. The number of anilines is 1. The lowest BCUT2D eigenvalue weighted by Gasteiger charge is -2.11. The molecule has 0 bridgehead atoms. The number of phenolic OH excluding ortho intramolecular Hbond substituents is 1. The van der Waals surface area contributed by atoms with Gasteiger partial charge in [0.2, 0.25) is 0 Å². The van der Waals surface area contributed by atoms with Crippen LogP contribution < -0.4 is 9.75 Å². The highest BCUT2D eigenvalue weighted by Crippen LogP contribution is 2.29. The Hall–Kier alpha value is -3.08. The quantitative estimate of drug-likeness (QED) is 0.875. The third-order valence-electron chi connectivity index (χ3n) is 3.66. The maximum absolute atomic E-state index is 12.7. The second kappa shape index (κ2) is 6.58. The minimum atomic E-state index is -0.176. The number of carbonyl (C=O) groups excluding carboxylic acids is 1. The van der Waals surface area contributed by atoms with Gasteiger partial charge in [-0.15, -0.1) is 0 Å². The Morgan fingerprint density at radius 1 is 1.21 bits per heavy atom. The summed E-state index contributed by atoms with van der Waals surface area (Å²) in [5.74, 6) is 0.296. The predicted octanol–water partition coefficient (Wildman–Crippen LogP) is 3.60. The third-order valence-corrected chi connectivity index (χ3v) is 3.66. The molecule has 5 nitrogen and oxygen atoms in total. The lowest BCUT2D eigenvalue weighted by Crippen LogP contribution is -2.21. The average Bonchev–Trinajstić information content (AvgIpc) is 2.87. The number of amides is 1. The van der Waals surface area contributed by atoms with Crippen LogP contribution in [0.15, 0.2) is 59.2 Å². The summed E-state index contributed by atoms with van der Waals surface area (Å²) in [4.78, 5) is 12.7. The van der Waals surface area contributed by atoms with Crippen LogP contribution >= 0.6 is 0 Å². The Bertz CT molecular complexity index is 826. The van der Waals surface area contributed by atoms with Crippen LogP contribution in [0.5, 0.6) is 11.5 Å². The van der Waals surface area contributed by atoms with Gasteiger partial charge in [-0.1, -0.05) is 24.3 Å². The van der Waals surface area contributed by atoms with Gasteiger partial charge >= 0.3 is 0 Å². The van der Waals surface area contributed by atoms with Crippen LogP contribution in [0.3, 0.4) is 0 Å². The van der Waals surface area contributed by atoms with E-state index in [-0.39, 0.29) is 11.7 Å². The molecule has 0 aromatic heterocycles. The van der Waals surface area contributed by atoms with Gasteiger partial charge in [-0.05, 0) is 49.8 Å². The summed E-state index contributed by atoms with van der Waals surface area (Å²) in [5.41, 5.74) is 2.66. The molecule has 0 fully saturated rings. The Morgan fingerprint density at radius 3 is 2.67 bits per heavy atom. The Labute approximate surface area is 140 Å². The zero-order valence-corrected chi connectivity index (χ0v) is 13.6. The average molecular weight is 322 g/mol. The van der Waals surface area contributed by atoms with Crippen LogP contribution in [-0.4, -0.2) is 23.3 Å². The van der Waals surface area contributed by atoms with Crippen LogP contribution in [0.4, 0.5) is 5.69 Å². The lowest BCUT2D eigenvalue weighted by atomic mass is 10.1. The molecule has 1 amide bonds. The minimum Gasteiger partial charge on any atom is -0.504 e. The van der Waals surface area contributed by atoms with Gasteiger partial charge in [0.05, 0.1) is 23.6 Å². The molecule has 3 rings (SSSR count). The van der Waals surface area contributed by atoms with Crippen molar-refractivity contribution in [2.24, 2.45) is 5.10 Å². The zero-order valence-electron chi connectivity index (χ0n) is 13.6. The van der Waals surface area contributed by atoms with Crippen molar-refractivity contribution in [2.45, 2.75) is 13.8 Å². The smallest absolute Gasteiger partial charge is 0.280 e. The molecule has 0 spiro atoms. The van der Waals surface area contributed by atoms with Gasteiger partial charge in [0, 0.05) is 0 Å². The van der Waals surface area contributed by atoms with Crippen LogP contribution in [0.2, 0.25) is 0 Å². The van der Waals surface area contributed by atoms with E-state index >= 15 is 0 Å². The molecule has 0 unspecified atom stereocenters. The number of carbonyl (C=O) groups is 1. The molecule has 0 saturated heterocycles. The Kier molecular flexibility index (Phi) is 4.33. The summed E-state index contributed by atoms with van der Waals surface area (Å²) in [6, 6.07) is 14.3. The first-order valence-electron chi connectivity index (χ1n) is 7.72. The van der Waals surface area contributed by atoms with Crippen molar-refractivity contribution in [1.82, 2.24) is 0 Å². The van der Waals surface area contributed by atoms with E-state index < -0.39 is 0 Å². The Balaban J connectivity index is 1.93. The second-order valence-electron chi connectivity index (χ2n) is 5.36. The van der Waals surface area contributed by atoms with Crippen LogP contribution in [0.1, 0.15) is 19.4 Å². The molecule has 5 heteroatoms. The largest absolute Gasteiger partial charge is 0.504 e. The molecular formula is C19H18N2O3. The maximum Gasteiger partial charge on any atom is 0.280 e. The molecule has 1 N–H and O–H groups in total. The monoisotopic (exact) mass is 322 g/mol. The predicted molar refractivity (Wildman–Crippen MR) is 94.3 cm³/mol. The van der Waals surface area contributed by atoms with Gasteiger partial charge in [-0.2, -0.15) is 10.1 Å². The van der Waals surface area contributed by atoms with E-state index in [2.05, 4.69) is 5.10 Å². The van der Waals surface area contributed by atoms with E-state index in [0.717, 1.165) is 11.3 Å². The van der Waals surface area contributed by atoms with E-state index in [1.165, 1.54) is 5.01 Å². The van der Waals surface area contributed by atoms with E-state index in [0.29, 0.717) is 23.6 Å². The van der Waals surface area contributed by atoms with Gasteiger partial charge in [0.25, 0.3) is 5.91 Å². The SMILES string of the molecule is CCOc1cc(/C=C2\C(=O)N(c3ccccc3)N=C2C)ccc1O. The molecule has 0 atom stereocenters. The summed E-state index contributed by atoms with van der Waals surface area (Å²) < 4.78 is 5.38. The summed E-state index contributed by atoms with van der Waals surface area (Å²) in [5, 5.41) is 15.5. The molecule has 0 aliphatic carbocycles. The first kappa shape index (κ1) is 15.8. The van der Waals surface area contributed by atoms with Gasteiger partial charge in [0.1, 0.15) is 0 Å². The molecule has 2 aromatic carbocycles. The molecule has 2 aromatic rings. The fraction of sp³-hybridized carbons (Fsp3) is 0.158. The molecule has 1 aliphatic rings. The van der Waals surface area contributed by atoms with Gasteiger partial charge < -0.3 is 9.84 Å². The number of hydrazone groups is 1. The number of hydrogen-bond donors (Lipinski definition) is 1. The van der Waals surface area contributed by atoms with Crippen molar-refractivity contribution >= 4 is 23.4 Å². The van der Waals surface area contributed by atoms with Crippen LogP contribution in [0, 0.1) is 0 Å². The fourth-order valence-electron chi connectivity index (χ4n) is 2.49. The highest BCUT2D eigenvalue weighted by Gasteiger charge is 2.28. The number of nitrogens with zero attached hydrogens (tertiary/aromatic N) is 2. The normalized spacial score (nSPS) is 15.8. The van der Waals surface area contributed by atoms with Gasteiger partial charge in [-0.25, -0.2) is 0 Å². The van der Waals surface area contributed by atoms with Crippen molar-refractivity contribution in [3.63, 3.8) is 0 Å². The number of hydrogen-bond acceptors (Lipinski definition) is 4. The molecule has 0 saturated carbocycles. The summed E-state index contributed by atoms with van der Waals surface area (Å²) in [6.45, 7) is 4.10. The fourth-order valence-corrected chi connectivity index (χ4v) is 2.49. The van der Waals surface area contributed by atoms with E-state index in [9.17, 15) is 9.90 Å². The highest BCUT2D eigenvalue weighted by atomic mass is 16.5. The summed E-state index contributed by atoms with van der Waals surface area (Å²) in [6.07, 6.45) is 1.76. The van der Waals surface area contributed by atoms with E-state index in [1.54, 1.807) is 31.2 Å². The number of benzene rings is 2. The lowest BCUT2D eigenvalue weighted by molar-refractivity contribution is -0.114. The number of aromatic hydroxyl groups is 1. The standard InChI is InChI=1S/C19H18N2O3/c1-3-24-18-12-14(9-10-17(18)22)11-16-13(2)20-21(19(16)23)15-7-5-4-6-8-15/h4-12,22H,3H2,1-2H3/b16-11-.